The van der Waals surface area contributed by atoms with Crippen molar-refractivity contribution in [2.45, 2.75) is 19.4 Å². The minimum atomic E-state index is -0.384. The number of hydrogen-bond donors (Lipinski definition) is 3. The monoisotopic (exact) mass is 375 g/mol. The number of amides is 1. The number of phenolic OH excluding ortho intramolecular Hbond substituents is 1. The van der Waals surface area contributed by atoms with E-state index < -0.39 is 0 Å². The van der Waals surface area contributed by atoms with Crippen molar-refractivity contribution < 1.29 is 9.90 Å². The summed E-state index contributed by atoms with van der Waals surface area (Å²) in [7, 11) is 0. The first kappa shape index (κ1) is 17.0. The third-order valence-corrected chi connectivity index (χ3v) is 3.70. The van der Waals surface area contributed by atoms with Gasteiger partial charge in [-0.15, -0.1) is 0 Å². The lowest BCUT2D eigenvalue weighted by Gasteiger charge is -2.16. The third kappa shape index (κ3) is 5.10. The fraction of sp³-hybridized carbons (Fsp3) is 0.176. The molecule has 2 rings (SSSR count). The van der Waals surface area contributed by atoms with E-state index in [1.54, 1.807) is 18.2 Å². The minimum Gasteiger partial charge on any atom is -0.507 e. The topological polar surface area (TPSA) is 73.7 Å². The number of para-hydroxylation sites is 1. The molecular weight excluding hydrogens is 358 g/mol. The SMILES string of the molecule is CCC(Nc1ccccc1)C(=O)N/N=C/c1cc(Br)ccc1O. The zero-order chi connectivity index (χ0) is 16.7. The molecule has 0 radical (unpaired) electrons. The van der Waals surface area contributed by atoms with Gasteiger partial charge in [0.05, 0.1) is 6.21 Å². The van der Waals surface area contributed by atoms with Crippen LogP contribution in [0.25, 0.3) is 0 Å². The van der Waals surface area contributed by atoms with Gasteiger partial charge in [0.25, 0.3) is 5.91 Å². The largest absolute Gasteiger partial charge is 0.507 e. The Morgan fingerprint density at radius 2 is 2.04 bits per heavy atom. The first-order valence-corrected chi connectivity index (χ1v) is 8.02. The molecule has 0 bridgehead atoms. The van der Waals surface area contributed by atoms with Crippen LogP contribution in [0.4, 0.5) is 5.69 Å². The van der Waals surface area contributed by atoms with Crippen LogP contribution < -0.4 is 10.7 Å². The van der Waals surface area contributed by atoms with E-state index in [1.165, 1.54) is 6.21 Å². The van der Waals surface area contributed by atoms with Crippen molar-refractivity contribution in [1.82, 2.24) is 5.43 Å². The fourth-order valence-corrected chi connectivity index (χ4v) is 2.34. The summed E-state index contributed by atoms with van der Waals surface area (Å²) < 4.78 is 0.820. The van der Waals surface area contributed by atoms with E-state index in [9.17, 15) is 9.90 Å². The second kappa shape index (κ2) is 8.33. The number of nitrogens with one attached hydrogen (secondary N) is 2. The molecule has 1 atom stereocenters. The Morgan fingerprint density at radius 1 is 1.30 bits per heavy atom. The predicted octanol–water partition coefficient (Wildman–Crippen LogP) is 3.50. The van der Waals surface area contributed by atoms with Crippen LogP contribution in [0.2, 0.25) is 0 Å². The zero-order valence-electron chi connectivity index (χ0n) is 12.7. The van der Waals surface area contributed by atoms with Crippen LogP contribution >= 0.6 is 15.9 Å². The third-order valence-electron chi connectivity index (χ3n) is 3.21. The van der Waals surface area contributed by atoms with Gasteiger partial charge in [-0.1, -0.05) is 41.1 Å². The molecule has 2 aromatic rings. The number of phenols is 1. The number of nitrogens with zero attached hydrogens (tertiary/aromatic N) is 1. The molecule has 0 fully saturated rings. The van der Waals surface area contributed by atoms with Crippen LogP contribution in [0.15, 0.2) is 58.1 Å². The molecule has 0 saturated heterocycles. The van der Waals surface area contributed by atoms with Crippen molar-refractivity contribution in [2.75, 3.05) is 5.32 Å². The summed E-state index contributed by atoms with van der Waals surface area (Å²) >= 11 is 3.32. The van der Waals surface area contributed by atoms with Gasteiger partial charge in [0, 0.05) is 15.7 Å². The Morgan fingerprint density at radius 3 is 2.74 bits per heavy atom. The number of halogens is 1. The molecule has 6 heteroatoms. The van der Waals surface area contributed by atoms with Crippen molar-refractivity contribution in [3.05, 3.63) is 58.6 Å². The van der Waals surface area contributed by atoms with Crippen molar-refractivity contribution >= 4 is 33.7 Å². The normalized spacial score (nSPS) is 12.1. The highest BCUT2D eigenvalue weighted by Gasteiger charge is 2.15. The predicted molar refractivity (Wildman–Crippen MR) is 95.7 cm³/mol. The number of rotatable bonds is 6. The Labute approximate surface area is 143 Å². The fourth-order valence-electron chi connectivity index (χ4n) is 1.96. The molecule has 1 unspecified atom stereocenters. The molecule has 0 heterocycles. The summed E-state index contributed by atoms with van der Waals surface area (Å²) in [5.41, 5.74) is 3.89. The first-order chi connectivity index (χ1) is 11.1. The van der Waals surface area contributed by atoms with Gasteiger partial charge in [-0.3, -0.25) is 4.79 Å². The molecule has 1 amide bonds. The quantitative estimate of drug-likeness (QED) is 0.534. The number of carbonyl (C=O) groups excluding carboxylic acids is 1. The number of anilines is 1. The van der Waals surface area contributed by atoms with Crippen LogP contribution in [0, 0.1) is 0 Å². The van der Waals surface area contributed by atoms with Crippen molar-refractivity contribution in [3.63, 3.8) is 0 Å². The summed E-state index contributed by atoms with van der Waals surface area (Å²) in [4.78, 5) is 12.2. The van der Waals surface area contributed by atoms with Gasteiger partial charge < -0.3 is 10.4 Å². The lowest BCUT2D eigenvalue weighted by molar-refractivity contribution is -0.121. The first-order valence-electron chi connectivity index (χ1n) is 7.23. The smallest absolute Gasteiger partial charge is 0.262 e. The molecule has 5 nitrogen and oxygen atoms in total. The van der Waals surface area contributed by atoms with Crippen LogP contribution in [0.1, 0.15) is 18.9 Å². The standard InChI is InChI=1S/C17H18BrN3O2/c1-2-15(20-14-6-4-3-5-7-14)17(23)21-19-11-12-10-13(18)8-9-16(12)22/h3-11,15,20,22H,2H2,1H3,(H,21,23)/b19-11+. The lowest BCUT2D eigenvalue weighted by atomic mass is 10.2. The number of benzene rings is 2. The molecule has 0 aromatic heterocycles. The van der Waals surface area contributed by atoms with Crippen molar-refractivity contribution in [3.8, 4) is 5.75 Å². The molecule has 0 aliphatic heterocycles. The number of hydrazone groups is 1. The Kier molecular flexibility index (Phi) is 6.17. The number of carbonyl (C=O) groups is 1. The van der Waals surface area contributed by atoms with Crippen LogP contribution in [0.5, 0.6) is 5.75 Å². The van der Waals surface area contributed by atoms with Gasteiger partial charge in [-0.2, -0.15) is 5.10 Å². The number of aromatic hydroxyl groups is 1. The van der Waals surface area contributed by atoms with Crippen LogP contribution in [-0.4, -0.2) is 23.3 Å². The lowest BCUT2D eigenvalue weighted by Crippen LogP contribution is -2.36. The summed E-state index contributed by atoms with van der Waals surface area (Å²) in [5, 5.41) is 16.8. The second-order valence-electron chi connectivity index (χ2n) is 4.91. The van der Waals surface area contributed by atoms with E-state index in [-0.39, 0.29) is 17.7 Å². The summed E-state index contributed by atoms with van der Waals surface area (Å²) in [6, 6.07) is 14.1. The molecule has 2 aromatic carbocycles. The molecule has 23 heavy (non-hydrogen) atoms. The highest BCUT2D eigenvalue weighted by Crippen LogP contribution is 2.19. The Hall–Kier alpha value is -2.34. The van der Waals surface area contributed by atoms with Gasteiger partial charge in [-0.25, -0.2) is 5.43 Å². The number of hydrogen-bond acceptors (Lipinski definition) is 4. The minimum absolute atomic E-state index is 0.0978. The van der Waals surface area contributed by atoms with Gasteiger partial charge in [0.2, 0.25) is 0 Å². The maximum atomic E-state index is 12.2. The summed E-state index contributed by atoms with van der Waals surface area (Å²) in [6.45, 7) is 1.92. The summed E-state index contributed by atoms with van der Waals surface area (Å²) in [6.07, 6.45) is 2.03. The Bertz CT molecular complexity index is 689. The van der Waals surface area contributed by atoms with E-state index in [0.29, 0.717) is 12.0 Å². The second-order valence-corrected chi connectivity index (χ2v) is 5.82. The van der Waals surface area contributed by atoms with Gasteiger partial charge in [0.1, 0.15) is 11.8 Å². The molecule has 3 N–H and O–H groups in total. The summed E-state index contributed by atoms with van der Waals surface area (Å²) in [5.74, 6) is -0.136. The van der Waals surface area contributed by atoms with Gasteiger partial charge in [-0.05, 0) is 36.8 Å². The highest BCUT2D eigenvalue weighted by molar-refractivity contribution is 9.10. The van der Waals surface area contributed by atoms with Crippen molar-refractivity contribution in [2.24, 2.45) is 5.10 Å². The molecule has 0 aliphatic carbocycles. The van der Waals surface area contributed by atoms with Crippen molar-refractivity contribution in [1.29, 1.82) is 0 Å². The average Bonchev–Trinajstić information content (AvgIpc) is 2.56. The maximum absolute atomic E-state index is 12.2. The van der Waals surface area contributed by atoms with E-state index >= 15 is 0 Å². The van der Waals surface area contributed by atoms with E-state index in [1.807, 2.05) is 37.3 Å². The average molecular weight is 376 g/mol. The Balaban J connectivity index is 1.97. The van der Waals surface area contributed by atoms with Gasteiger partial charge in [0.15, 0.2) is 0 Å². The molecule has 120 valence electrons. The molecular formula is C17H18BrN3O2. The molecule has 0 saturated carbocycles. The van der Waals surface area contributed by atoms with E-state index in [0.717, 1.165) is 10.2 Å². The molecule has 0 aliphatic rings. The van der Waals surface area contributed by atoms with E-state index in [2.05, 4.69) is 31.8 Å². The molecule has 0 spiro atoms. The maximum Gasteiger partial charge on any atom is 0.262 e. The van der Waals surface area contributed by atoms with Gasteiger partial charge >= 0.3 is 0 Å². The van der Waals surface area contributed by atoms with Crippen LogP contribution in [-0.2, 0) is 4.79 Å². The van der Waals surface area contributed by atoms with Crippen LogP contribution in [0.3, 0.4) is 0 Å². The highest BCUT2D eigenvalue weighted by atomic mass is 79.9. The van der Waals surface area contributed by atoms with E-state index in [4.69, 9.17) is 0 Å². The zero-order valence-corrected chi connectivity index (χ0v) is 14.2.